The van der Waals surface area contributed by atoms with Crippen LogP contribution in [0.4, 0.5) is 16.2 Å². The zero-order valence-corrected chi connectivity index (χ0v) is 12.5. The molecule has 0 saturated carbocycles. The molecule has 2 N–H and O–H groups in total. The van der Waals surface area contributed by atoms with Gasteiger partial charge < -0.3 is 15.2 Å². The van der Waals surface area contributed by atoms with Crippen LogP contribution in [0.1, 0.15) is 0 Å². The van der Waals surface area contributed by atoms with Crippen LogP contribution in [0.5, 0.6) is 5.75 Å². The molecule has 1 heterocycles. The van der Waals surface area contributed by atoms with Crippen molar-refractivity contribution in [3.05, 3.63) is 53.6 Å². The first kappa shape index (κ1) is 14.5. The molecule has 6 heteroatoms. The van der Waals surface area contributed by atoms with Gasteiger partial charge in [-0.2, -0.15) is 0 Å². The molecule has 22 heavy (non-hydrogen) atoms. The van der Waals surface area contributed by atoms with E-state index in [4.69, 9.17) is 26.8 Å². The number of nitrogens with zero attached hydrogens (tertiary/aromatic N) is 1. The summed E-state index contributed by atoms with van der Waals surface area (Å²) in [5.41, 5.74) is 7.04. The SMILES string of the molecule is Nc1ccc(OCC2CN(c3ccc(Cl)cc3)C(=O)O2)cc1. The van der Waals surface area contributed by atoms with Gasteiger partial charge in [0.15, 0.2) is 6.10 Å². The predicted octanol–water partition coefficient (Wildman–Crippen LogP) is 3.33. The maximum absolute atomic E-state index is 11.9. The summed E-state index contributed by atoms with van der Waals surface area (Å²) in [4.78, 5) is 13.5. The van der Waals surface area contributed by atoms with Gasteiger partial charge in [-0.3, -0.25) is 4.90 Å². The van der Waals surface area contributed by atoms with Gasteiger partial charge in [0.25, 0.3) is 0 Å². The number of cyclic esters (lactones) is 1. The Morgan fingerprint density at radius 2 is 1.86 bits per heavy atom. The van der Waals surface area contributed by atoms with Crippen molar-refractivity contribution in [1.29, 1.82) is 0 Å². The summed E-state index contributed by atoms with van der Waals surface area (Å²) in [5, 5.41) is 0.625. The van der Waals surface area contributed by atoms with Gasteiger partial charge in [0, 0.05) is 16.4 Å². The third-order valence-corrected chi connectivity index (χ3v) is 3.58. The number of hydrogen-bond acceptors (Lipinski definition) is 4. The Kier molecular flexibility index (Phi) is 4.06. The molecule has 114 valence electrons. The number of carbonyl (C=O) groups excluding carboxylic acids is 1. The number of anilines is 2. The summed E-state index contributed by atoms with van der Waals surface area (Å²) in [6.45, 7) is 0.731. The second-order valence-corrected chi connectivity index (χ2v) is 5.41. The molecule has 0 spiro atoms. The molecule has 1 amide bonds. The first-order chi connectivity index (χ1) is 10.6. The largest absolute Gasteiger partial charge is 0.490 e. The van der Waals surface area contributed by atoms with Gasteiger partial charge in [-0.15, -0.1) is 0 Å². The fourth-order valence-electron chi connectivity index (χ4n) is 2.19. The smallest absolute Gasteiger partial charge is 0.414 e. The standard InChI is InChI=1S/C16H15ClN2O3/c17-11-1-5-13(6-2-11)19-9-15(22-16(19)20)10-21-14-7-3-12(18)4-8-14/h1-8,15H,9-10,18H2. The molecule has 1 saturated heterocycles. The van der Waals surface area contributed by atoms with Crippen molar-refractivity contribution in [3.8, 4) is 5.75 Å². The molecule has 1 fully saturated rings. The molecule has 1 unspecified atom stereocenters. The third kappa shape index (κ3) is 3.26. The van der Waals surface area contributed by atoms with Crippen molar-refractivity contribution in [2.75, 3.05) is 23.8 Å². The number of nitrogens with two attached hydrogens (primary N) is 1. The van der Waals surface area contributed by atoms with Gasteiger partial charge in [-0.05, 0) is 48.5 Å². The number of carbonyl (C=O) groups is 1. The zero-order chi connectivity index (χ0) is 15.5. The molecule has 0 radical (unpaired) electrons. The lowest BCUT2D eigenvalue weighted by atomic mass is 10.3. The summed E-state index contributed by atoms with van der Waals surface area (Å²) in [6, 6.07) is 14.1. The third-order valence-electron chi connectivity index (χ3n) is 3.33. The van der Waals surface area contributed by atoms with Crippen LogP contribution < -0.4 is 15.4 Å². The highest BCUT2D eigenvalue weighted by molar-refractivity contribution is 6.30. The highest BCUT2D eigenvalue weighted by Crippen LogP contribution is 2.24. The number of ether oxygens (including phenoxy) is 2. The Labute approximate surface area is 133 Å². The highest BCUT2D eigenvalue weighted by atomic mass is 35.5. The van der Waals surface area contributed by atoms with Gasteiger partial charge in [0.05, 0.1) is 6.54 Å². The van der Waals surface area contributed by atoms with E-state index in [1.807, 2.05) is 0 Å². The number of halogens is 1. The molecule has 2 aromatic rings. The maximum Gasteiger partial charge on any atom is 0.414 e. The molecule has 1 atom stereocenters. The molecule has 2 aromatic carbocycles. The Balaban J connectivity index is 1.59. The molecular weight excluding hydrogens is 304 g/mol. The van der Waals surface area contributed by atoms with Crippen molar-refractivity contribution in [3.63, 3.8) is 0 Å². The maximum atomic E-state index is 11.9. The molecular formula is C16H15ClN2O3. The van der Waals surface area contributed by atoms with E-state index in [1.54, 1.807) is 53.4 Å². The van der Waals surface area contributed by atoms with E-state index in [9.17, 15) is 4.79 Å². The van der Waals surface area contributed by atoms with E-state index in [2.05, 4.69) is 0 Å². The Hall–Kier alpha value is -2.40. The topological polar surface area (TPSA) is 64.8 Å². The normalized spacial score (nSPS) is 17.4. The van der Waals surface area contributed by atoms with Gasteiger partial charge in [-0.1, -0.05) is 11.6 Å². The molecule has 0 aliphatic carbocycles. The van der Waals surface area contributed by atoms with E-state index < -0.39 is 0 Å². The fourth-order valence-corrected chi connectivity index (χ4v) is 2.32. The monoisotopic (exact) mass is 318 g/mol. The van der Waals surface area contributed by atoms with Gasteiger partial charge >= 0.3 is 6.09 Å². The van der Waals surface area contributed by atoms with Gasteiger partial charge in [0.1, 0.15) is 12.4 Å². The van der Waals surface area contributed by atoms with Crippen molar-refractivity contribution in [1.82, 2.24) is 0 Å². The molecule has 0 bridgehead atoms. The molecule has 0 aromatic heterocycles. The number of hydrogen-bond donors (Lipinski definition) is 1. The van der Waals surface area contributed by atoms with E-state index >= 15 is 0 Å². The van der Waals surface area contributed by atoms with Gasteiger partial charge in [0.2, 0.25) is 0 Å². The van der Waals surface area contributed by atoms with Crippen LogP contribution in [-0.2, 0) is 4.74 Å². The van der Waals surface area contributed by atoms with Crippen LogP contribution in [0.25, 0.3) is 0 Å². The van der Waals surface area contributed by atoms with Crippen molar-refractivity contribution in [2.24, 2.45) is 0 Å². The Bertz CT molecular complexity index is 658. The lowest BCUT2D eigenvalue weighted by molar-refractivity contribution is 0.105. The van der Waals surface area contributed by atoms with Crippen LogP contribution in [0.2, 0.25) is 5.02 Å². The number of benzene rings is 2. The lowest BCUT2D eigenvalue weighted by Gasteiger charge is -2.13. The molecule has 1 aliphatic rings. The van der Waals surface area contributed by atoms with E-state index in [0.717, 1.165) is 5.69 Å². The first-order valence-corrected chi connectivity index (χ1v) is 7.22. The van der Waals surface area contributed by atoms with Crippen LogP contribution in [0.3, 0.4) is 0 Å². The minimum Gasteiger partial charge on any atom is -0.490 e. The fraction of sp³-hybridized carbons (Fsp3) is 0.188. The van der Waals surface area contributed by atoms with E-state index in [0.29, 0.717) is 29.6 Å². The van der Waals surface area contributed by atoms with Crippen LogP contribution in [0, 0.1) is 0 Å². The zero-order valence-electron chi connectivity index (χ0n) is 11.7. The van der Waals surface area contributed by atoms with Crippen LogP contribution >= 0.6 is 11.6 Å². The minimum absolute atomic E-state index is 0.291. The van der Waals surface area contributed by atoms with E-state index in [-0.39, 0.29) is 12.2 Å². The van der Waals surface area contributed by atoms with Crippen molar-refractivity contribution < 1.29 is 14.3 Å². The summed E-state index contributed by atoms with van der Waals surface area (Å²) in [6.07, 6.45) is -0.700. The summed E-state index contributed by atoms with van der Waals surface area (Å²) in [7, 11) is 0. The number of nitrogen functional groups attached to an aromatic ring is 1. The average molecular weight is 319 g/mol. The second kappa shape index (κ2) is 6.15. The van der Waals surface area contributed by atoms with Crippen molar-refractivity contribution >= 4 is 29.1 Å². The van der Waals surface area contributed by atoms with Crippen LogP contribution in [0.15, 0.2) is 48.5 Å². The average Bonchev–Trinajstić information content (AvgIpc) is 2.89. The first-order valence-electron chi connectivity index (χ1n) is 6.84. The van der Waals surface area contributed by atoms with Gasteiger partial charge in [-0.25, -0.2) is 4.79 Å². The van der Waals surface area contributed by atoms with E-state index in [1.165, 1.54) is 0 Å². The van der Waals surface area contributed by atoms with Crippen molar-refractivity contribution in [2.45, 2.75) is 6.10 Å². The quantitative estimate of drug-likeness (QED) is 0.878. The summed E-state index contributed by atoms with van der Waals surface area (Å²) in [5.74, 6) is 0.690. The second-order valence-electron chi connectivity index (χ2n) is 4.97. The molecule has 5 nitrogen and oxygen atoms in total. The summed E-state index contributed by atoms with van der Waals surface area (Å²) >= 11 is 5.85. The molecule has 1 aliphatic heterocycles. The number of rotatable bonds is 4. The highest BCUT2D eigenvalue weighted by Gasteiger charge is 2.32. The number of amides is 1. The predicted molar refractivity (Wildman–Crippen MR) is 85.4 cm³/mol. The Morgan fingerprint density at radius 3 is 2.55 bits per heavy atom. The molecule has 3 rings (SSSR count). The minimum atomic E-state index is -0.381. The Morgan fingerprint density at radius 1 is 1.18 bits per heavy atom. The van der Waals surface area contributed by atoms with Crippen LogP contribution in [-0.4, -0.2) is 25.3 Å². The summed E-state index contributed by atoms with van der Waals surface area (Å²) < 4.78 is 10.9. The lowest BCUT2D eigenvalue weighted by Crippen LogP contribution is -2.26.